The molecule has 0 saturated carbocycles. The summed E-state index contributed by atoms with van der Waals surface area (Å²) in [6, 6.07) is 6.13. The van der Waals surface area contributed by atoms with Crippen LogP contribution < -0.4 is 0 Å². The van der Waals surface area contributed by atoms with Crippen molar-refractivity contribution in [2.24, 2.45) is 0 Å². The van der Waals surface area contributed by atoms with Crippen molar-refractivity contribution in [3.8, 4) is 53.3 Å². The van der Waals surface area contributed by atoms with Gasteiger partial charge in [-0.05, 0) is 47.7 Å². The van der Waals surface area contributed by atoms with Gasteiger partial charge in [-0.25, -0.2) is 5.92 Å². The highest BCUT2D eigenvalue weighted by Gasteiger charge is 2.00. The van der Waals surface area contributed by atoms with Gasteiger partial charge in [-0.3, -0.25) is 15.5 Å². The molecule has 0 aliphatic heterocycles. The average Bonchev–Trinajstić information content (AvgIpc) is 2.50. The molecule has 0 aliphatic rings. The van der Waals surface area contributed by atoms with Crippen LogP contribution in [0.15, 0.2) is 24.3 Å². The van der Waals surface area contributed by atoms with Gasteiger partial charge in [0.15, 0.2) is 0 Å². The zero-order valence-electron chi connectivity index (χ0n) is 10.2. The maximum Gasteiger partial charge on any atom is 0.236 e. The van der Waals surface area contributed by atoms with Crippen molar-refractivity contribution in [2.75, 3.05) is 0 Å². The van der Waals surface area contributed by atoms with Crippen molar-refractivity contribution in [1.29, 1.82) is 0 Å². The summed E-state index contributed by atoms with van der Waals surface area (Å²) in [5, 5.41) is 0. The normalized spacial score (nSPS) is 6.75. The highest BCUT2D eigenvalue weighted by Crippen LogP contribution is 2.02. The fourth-order valence-electron chi connectivity index (χ4n) is 1.06. The van der Waals surface area contributed by atoms with Crippen LogP contribution in [0.3, 0.4) is 0 Å². The van der Waals surface area contributed by atoms with Crippen LogP contribution in [0, 0.1) is 59.7 Å². The van der Waals surface area contributed by atoms with E-state index in [9.17, 15) is 9.59 Å². The number of carbonyl (C=O) groups excluding carboxylic acids is 2. The minimum atomic E-state index is -0.386. The van der Waals surface area contributed by atoms with Crippen molar-refractivity contribution in [3.63, 3.8) is 0 Å². The summed E-state index contributed by atoms with van der Waals surface area (Å²) >= 11 is 0. The van der Waals surface area contributed by atoms with Crippen LogP contribution in [0.4, 0.5) is 0 Å². The van der Waals surface area contributed by atoms with Crippen LogP contribution in [0.5, 0.6) is 0 Å². The van der Waals surface area contributed by atoms with Crippen LogP contribution in [0.2, 0.25) is 0 Å². The van der Waals surface area contributed by atoms with E-state index in [2.05, 4.69) is 47.4 Å². The lowest BCUT2D eigenvalue weighted by molar-refractivity contribution is 0.105. The van der Waals surface area contributed by atoms with Gasteiger partial charge in [0.05, 0.1) is 0 Å². The molecule has 0 bridgehead atoms. The topological polar surface area (TPSA) is 34.1 Å². The fourth-order valence-corrected chi connectivity index (χ4v) is 1.06. The standard InChI is InChI=1S/C18H5O2/c1-2-3-4-5-6-7-8-9-10-18(20)17-13-11-16(15-19)12-14-17/h11-15H/q-1. The molecule has 0 radical (unpaired) electrons. The van der Waals surface area contributed by atoms with E-state index < -0.39 is 0 Å². The second-order valence-corrected chi connectivity index (χ2v) is 3.19. The molecular formula is C18H5O2-. The number of benzene rings is 1. The van der Waals surface area contributed by atoms with E-state index in [0.29, 0.717) is 17.4 Å². The van der Waals surface area contributed by atoms with Crippen molar-refractivity contribution >= 4 is 12.1 Å². The summed E-state index contributed by atoms with van der Waals surface area (Å²) in [6.07, 6.45) is 7.19. The summed E-state index contributed by atoms with van der Waals surface area (Å²) < 4.78 is 0. The Hall–Kier alpha value is -3.64. The third kappa shape index (κ3) is 5.13. The minimum Gasteiger partial charge on any atom is -0.358 e. The van der Waals surface area contributed by atoms with Gasteiger partial charge < -0.3 is 6.42 Å². The Morgan fingerprint density at radius 3 is 2.00 bits per heavy atom. The molecule has 0 heterocycles. The quantitative estimate of drug-likeness (QED) is 0.262. The van der Waals surface area contributed by atoms with E-state index in [0.717, 1.165) is 0 Å². The first-order chi connectivity index (χ1) is 9.77. The summed E-state index contributed by atoms with van der Waals surface area (Å²) in [5.74, 6) is 20.2. The predicted octanol–water partition coefficient (Wildman–Crippen LogP) is 1.29. The smallest absolute Gasteiger partial charge is 0.236 e. The Bertz CT molecular complexity index is 803. The molecule has 0 aromatic heterocycles. The highest BCUT2D eigenvalue weighted by atomic mass is 16.1. The van der Waals surface area contributed by atoms with Gasteiger partial charge in [-0.2, -0.15) is 0 Å². The summed E-state index contributed by atoms with van der Waals surface area (Å²) in [6.45, 7) is 0. The maximum absolute atomic E-state index is 11.6. The molecule has 1 rings (SSSR count). The van der Waals surface area contributed by atoms with Gasteiger partial charge in [0.2, 0.25) is 5.78 Å². The largest absolute Gasteiger partial charge is 0.358 e. The summed E-state index contributed by atoms with van der Waals surface area (Å²) in [7, 11) is 0. The molecule has 90 valence electrons. The van der Waals surface area contributed by atoms with Crippen LogP contribution in [0.25, 0.3) is 0 Å². The van der Waals surface area contributed by atoms with Gasteiger partial charge in [-0.1, -0.05) is 12.1 Å². The zero-order valence-corrected chi connectivity index (χ0v) is 10.2. The van der Waals surface area contributed by atoms with Gasteiger partial charge >= 0.3 is 0 Å². The summed E-state index contributed by atoms with van der Waals surface area (Å²) in [4.78, 5) is 22.1. The number of carbonyl (C=O) groups is 2. The van der Waals surface area contributed by atoms with Crippen LogP contribution in [-0.4, -0.2) is 12.1 Å². The molecular weight excluding hydrogens is 248 g/mol. The highest BCUT2D eigenvalue weighted by molar-refractivity contribution is 6.09. The Morgan fingerprint density at radius 2 is 1.45 bits per heavy atom. The van der Waals surface area contributed by atoms with Gasteiger partial charge in [0, 0.05) is 11.1 Å². The van der Waals surface area contributed by atoms with E-state index in [1.54, 1.807) is 0 Å². The second kappa shape index (κ2) is 8.45. The molecule has 1 aromatic rings. The molecule has 20 heavy (non-hydrogen) atoms. The molecule has 2 heteroatoms. The van der Waals surface area contributed by atoms with Crippen LogP contribution in [-0.2, 0) is 0 Å². The lowest BCUT2D eigenvalue weighted by Crippen LogP contribution is -1.94. The number of hydrogen-bond donors (Lipinski definition) is 0. The Kier molecular flexibility index (Phi) is 6.09. The van der Waals surface area contributed by atoms with Crippen molar-refractivity contribution in [3.05, 3.63) is 41.8 Å². The van der Waals surface area contributed by atoms with Crippen LogP contribution in [0.1, 0.15) is 20.7 Å². The first-order valence-corrected chi connectivity index (χ1v) is 5.30. The van der Waals surface area contributed by atoms with Crippen molar-refractivity contribution in [1.82, 2.24) is 0 Å². The molecule has 0 saturated heterocycles. The molecule has 0 fully saturated rings. The predicted molar refractivity (Wildman–Crippen MR) is 74.4 cm³/mol. The molecule has 0 N–H and O–H groups in total. The molecule has 0 spiro atoms. The Labute approximate surface area is 117 Å². The van der Waals surface area contributed by atoms with E-state index in [-0.39, 0.29) is 5.78 Å². The average molecular weight is 253 g/mol. The lowest BCUT2D eigenvalue weighted by atomic mass is 10.1. The first-order valence-electron chi connectivity index (χ1n) is 5.30. The SMILES string of the molecule is [C-]#CC#CC#CC#CC#CC(=O)c1ccc(C=O)cc1. The molecule has 0 aliphatic carbocycles. The van der Waals surface area contributed by atoms with Crippen LogP contribution >= 0.6 is 0 Å². The number of rotatable bonds is 2. The van der Waals surface area contributed by atoms with Gasteiger partial charge in [0.1, 0.15) is 6.29 Å². The molecule has 1 aromatic carbocycles. The third-order valence-corrected chi connectivity index (χ3v) is 1.92. The molecule has 2 nitrogen and oxygen atoms in total. The van der Waals surface area contributed by atoms with Gasteiger partial charge in [0.25, 0.3) is 0 Å². The molecule has 0 atom stereocenters. The van der Waals surface area contributed by atoms with Crippen molar-refractivity contribution in [2.45, 2.75) is 0 Å². The Balaban J connectivity index is 2.69. The first kappa shape index (κ1) is 14.4. The number of hydrogen-bond acceptors (Lipinski definition) is 2. The minimum absolute atomic E-state index is 0.386. The number of ketones is 1. The molecule has 0 unspecified atom stereocenters. The summed E-state index contributed by atoms with van der Waals surface area (Å²) in [5.41, 5.74) is 0.885. The van der Waals surface area contributed by atoms with E-state index in [1.807, 2.05) is 5.92 Å². The number of Topliss-reactive ketones (excluding diaryl/α,β-unsaturated/α-hetero) is 1. The Morgan fingerprint density at radius 1 is 0.900 bits per heavy atom. The monoisotopic (exact) mass is 253 g/mol. The zero-order chi connectivity index (χ0) is 14.6. The van der Waals surface area contributed by atoms with Crippen molar-refractivity contribution < 1.29 is 9.59 Å². The fraction of sp³-hybridized carbons (Fsp3) is 0. The van der Waals surface area contributed by atoms with Gasteiger partial charge in [-0.15, -0.1) is 5.92 Å². The lowest BCUT2D eigenvalue weighted by Gasteiger charge is -1.93. The number of aldehydes is 1. The van der Waals surface area contributed by atoms with E-state index in [4.69, 9.17) is 6.42 Å². The molecule has 0 amide bonds. The second-order valence-electron chi connectivity index (χ2n) is 3.19. The van der Waals surface area contributed by atoms with E-state index in [1.165, 1.54) is 24.3 Å². The third-order valence-electron chi connectivity index (χ3n) is 1.92. The maximum atomic E-state index is 11.6. The van der Waals surface area contributed by atoms with E-state index >= 15 is 0 Å².